The maximum atomic E-state index is 11.5. The second-order valence-electron chi connectivity index (χ2n) is 3.30. The number of aromatic nitrogens is 2. The second kappa shape index (κ2) is 3.68. The van der Waals surface area contributed by atoms with Crippen LogP contribution >= 0.6 is 0 Å². The summed E-state index contributed by atoms with van der Waals surface area (Å²) in [6, 6.07) is 0. The first-order valence-corrected chi connectivity index (χ1v) is 4.59. The first-order valence-electron chi connectivity index (χ1n) is 4.59. The fraction of sp³-hybridized carbons (Fsp3) is 0.667. The summed E-state index contributed by atoms with van der Waals surface area (Å²) in [6.45, 7) is 5.50. The summed E-state index contributed by atoms with van der Waals surface area (Å²) in [5.41, 5.74) is 1.20. The van der Waals surface area contributed by atoms with E-state index in [1.54, 1.807) is 13.8 Å². The van der Waals surface area contributed by atoms with Crippen molar-refractivity contribution in [3.8, 4) is 0 Å². The maximum absolute atomic E-state index is 11.5. The molecule has 0 fully saturated rings. The van der Waals surface area contributed by atoms with Crippen molar-refractivity contribution in [1.29, 1.82) is 0 Å². The Morgan fingerprint density at radius 3 is 2.46 bits per heavy atom. The van der Waals surface area contributed by atoms with Gasteiger partial charge >= 0.3 is 0 Å². The Kier molecular flexibility index (Phi) is 2.80. The van der Waals surface area contributed by atoms with E-state index in [2.05, 4.69) is 6.92 Å². The zero-order valence-electron chi connectivity index (χ0n) is 8.37. The fourth-order valence-electron chi connectivity index (χ4n) is 1.32. The lowest BCUT2D eigenvalue weighted by Crippen LogP contribution is -2.33. The van der Waals surface area contributed by atoms with Crippen LogP contribution in [0.4, 0.5) is 0 Å². The average molecular weight is 184 g/mol. The van der Waals surface area contributed by atoms with Crippen LogP contribution < -0.4 is 4.73 Å². The van der Waals surface area contributed by atoms with Crippen LogP contribution in [0, 0.1) is 19.1 Å². The van der Waals surface area contributed by atoms with Gasteiger partial charge < -0.3 is 10.4 Å². The van der Waals surface area contributed by atoms with Crippen molar-refractivity contribution < 1.29 is 9.94 Å². The van der Waals surface area contributed by atoms with Crippen LogP contribution in [-0.4, -0.2) is 9.94 Å². The summed E-state index contributed by atoms with van der Waals surface area (Å²) in [7, 11) is 0. The summed E-state index contributed by atoms with van der Waals surface area (Å²) in [5.74, 6) is 0.442. The Bertz CT molecular complexity index is 280. The predicted octanol–water partition coefficient (Wildman–Crippen LogP) is 1.32. The Morgan fingerprint density at radius 2 is 2.08 bits per heavy atom. The third kappa shape index (κ3) is 1.61. The van der Waals surface area contributed by atoms with E-state index < -0.39 is 0 Å². The molecule has 0 unspecified atom stereocenters. The molecule has 1 aromatic rings. The van der Waals surface area contributed by atoms with Crippen LogP contribution in [0.2, 0.25) is 0 Å². The summed E-state index contributed by atoms with van der Waals surface area (Å²) in [4.78, 5) is 0. The monoisotopic (exact) mass is 184 g/mol. The topological polar surface area (TPSA) is 52.1 Å². The predicted molar refractivity (Wildman–Crippen MR) is 48.7 cm³/mol. The average Bonchev–Trinajstić information content (AvgIpc) is 2.30. The molecule has 74 valence electrons. The van der Waals surface area contributed by atoms with E-state index in [0.717, 1.165) is 22.3 Å². The zero-order chi connectivity index (χ0) is 10.0. The number of imidazole rings is 1. The molecule has 0 aliphatic heterocycles. The molecule has 0 amide bonds. The molecule has 1 rings (SSSR count). The molecular weight excluding hydrogens is 168 g/mol. The van der Waals surface area contributed by atoms with Crippen LogP contribution in [0.3, 0.4) is 0 Å². The molecule has 0 spiro atoms. The lowest BCUT2D eigenvalue weighted by Gasteiger charge is -2.02. The van der Waals surface area contributed by atoms with Crippen LogP contribution in [-0.2, 0) is 6.42 Å². The van der Waals surface area contributed by atoms with Gasteiger partial charge in [0.1, 0.15) is 5.69 Å². The van der Waals surface area contributed by atoms with Crippen molar-refractivity contribution >= 4 is 0 Å². The molecule has 4 nitrogen and oxygen atoms in total. The molecule has 4 heteroatoms. The van der Waals surface area contributed by atoms with Crippen molar-refractivity contribution in [2.24, 2.45) is 0 Å². The molecule has 0 aliphatic carbocycles. The van der Waals surface area contributed by atoms with E-state index in [-0.39, 0.29) is 0 Å². The molecule has 0 saturated heterocycles. The van der Waals surface area contributed by atoms with E-state index >= 15 is 0 Å². The van der Waals surface area contributed by atoms with Gasteiger partial charge in [-0.05, 0) is 11.2 Å². The SMILES string of the molecule is CCCCc1n(O)c(C)c(C)[n+]1[O-]. The minimum atomic E-state index is 0.442. The summed E-state index contributed by atoms with van der Waals surface area (Å²) < 4.78 is 1.81. The number of hydrogen-bond donors (Lipinski definition) is 1. The number of nitrogens with zero attached hydrogens (tertiary/aromatic N) is 2. The molecule has 1 N–H and O–H groups in total. The van der Waals surface area contributed by atoms with Crippen molar-refractivity contribution in [2.45, 2.75) is 40.0 Å². The number of rotatable bonds is 3. The van der Waals surface area contributed by atoms with Crippen molar-refractivity contribution in [3.63, 3.8) is 0 Å². The molecule has 0 atom stereocenters. The highest BCUT2D eigenvalue weighted by molar-refractivity contribution is 5.05. The Morgan fingerprint density at radius 1 is 1.46 bits per heavy atom. The smallest absolute Gasteiger partial charge is 0.299 e. The number of unbranched alkanes of at least 4 members (excludes halogenated alkanes) is 1. The van der Waals surface area contributed by atoms with Crippen molar-refractivity contribution in [3.05, 3.63) is 22.4 Å². The molecule has 0 aromatic carbocycles. The van der Waals surface area contributed by atoms with E-state index in [1.807, 2.05) is 0 Å². The molecule has 13 heavy (non-hydrogen) atoms. The third-order valence-corrected chi connectivity index (χ3v) is 2.38. The lowest BCUT2D eigenvalue weighted by molar-refractivity contribution is -0.621. The second-order valence-corrected chi connectivity index (χ2v) is 3.30. The summed E-state index contributed by atoms with van der Waals surface area (Å²) in [6.07, 6.45) is 2.57. The summed E-state index contributed by atoms with van der Waals surface area (Å²) in [5, 5.41) is 21.0. The standard InChI is InChI=1S/C9H16N2O2/c1-4-5-6-9-10(12)7(2)8(3)11(9)13/h12H,4-6H2,1-3H3. The maximum Gasteiger partial charge on any atom is 0.299 e. The van der Waals surface area contributed by atoms with E-state index in [9.17, 15) is 10.4 Å². The Balaban J connectivity index is 2.99. The van der Waals surface area contributed by atoms with Crippen molar-refractivity contribution in [2.75, 3.05) is 0 Å². The summed E-state index contributed by atoms with van der Waals surface area (Å²) >= 11 is 0. The fourth-order valence-corrected chi connectivity index (χ4v) is 1.32. The normalized spacial score (nSPS) is 10.7. The Hall–Kier alpha value is -1.19. The zero-order valence-corrected chi connectivity index (χ0v) is 8.37. The molecule has 1 aromatic heterocycles. The highest BCUT2D eigenvalue weighted by Crippen LogP contribution is 2.07. The van der Waals surface area contributed by atoms with Gasteiger partial charge in [-0.1, -0.05) is 13.3 Å². The van der Waals surface area contributed by atoms with Crippen LogP contribution in [0.15, 0.2) is 0 Å². The molecular formula is C9H16N2O2. The van der Waals surface area contributed by atoms with Crippen molar-refractivity contribution in [1.82, 2.24) is 4.73 Å². The number of hydrogen-bond acceptors (Lipinski definition) is 2. The first kappa shape index (κ1) is 9.89. The van der Waals surface area contributed by atoms with Gasteiger partial charge in [-0.3, -0.25) is 0 Å². The third-order valence-electron chi connectivity index (χ3n) is 2.38. The van der Waals surface area contributed by atoms with Crippen LogP contribution in [0.1, 0.15) is 37.0 Å². The Labute approximate surface area is 78.0 Å². The van der Waals surface area contributed by atoms with E-state index in [4.69, 9.17) is 0 Å². The van der Waals surface area contributed by atoms with Gasteiger partial charge in [-0.15, -0.1) is 0 Å². The first-order chi connectivity index (χ1) is 6.09. The molecule has 0 bridgehead atoms. The van der Waals surface area contributed by atoms with Gasteiger partial charge in [0.2, 0.25) is 0 Å². The van der Waals surface area contributed by atoms with Gasteiger partial charge in [-0.25, -0.2) is 4.73 Å². The minimum Gasteiger partial charge on any atom is -0.710 e. The molecule has 0 radical (unpaired) electrons. The van der Waals surface area contributed by atoms with Gasteiger partial charge in [0, 0.05) is 13.8 Å². The van der Waals surface area contributed by atoms with E-state index in [0.29, 0.717) is 23.6 Å². The van der Waals surface area contributed by atoms with Crippen LogP contribution in [0.5, 0.6) is 0 Å². The highest BCUT2D eigenvalue weighted by Gasteiger charge is 2.20. The quantitative estimate of drug-likeness (QED) is 0.437. The minimum absolute atomic E-state index is 0.442. The van der Waals surface area contributed by atoms with Gasteiger partial charge in [0.05, 0.1) is 6.42 Å². The van der Waals surface area contributed by atoms with Gasteiger partial charge in [-0.2, -0.15) is 0 Å². The highest BCUT2D eigenvalue weighted by atomic mass is 16.5. The largest absolute Gasteiger partial charge is 0.710 e. The van der Waals surface area contributed by atoms with Crippen LogP contribution in [0.25, 0.3) is 0 Å². The van der Waals surface area contributed by atoms with Gasteiger partial charge in [0.15, 0.2) is 5.69 Å². The molecule has 0 saturated carbocycles. The molecule has 1 heterocycles. The van der Waals surface area contributed by atoms with Gasteiger partial charge in [0.25, 0.3) is 5.82 Å². The lowest BCUT2D eigenvalue weighted by atomic mass is 10.2. The molecule has 0 aliphatic rings. The van der Waals surface area contributed by atoms with E-state index in [1.165, 1.54) is 0 Å².